The van der Waals surface area contributed by atoms with Crippen LogP contribution in [0.25, 0.3) is 15.9 Å². The van der Waals surface area contributed by atoms with Crippen molar-refractivity contribution in [3.05, 3.63) is 58.7 Å². The van der Waals surface area contributed by atoms with Crippen molar-refractivity contribution in [2.75, 3.05) is 0 Å². The lowest BCUT2D eigenvalue weighted by Crippen LogP contribution is -2.24. The van der Waals surface area contributed by atoms with E-state index in [-0.39, 0.29) is 18.1 Å². The van der Waals surface area contributed by atoms with Crippen LogP contribution >= 0.6 is 11.3 Å². The first-order chi connectivity index (χ1) is 11.6. The van der Waals surface area contributed by atoms with Crippen LogP contribution in [0.3, 0.4) is 0 Å². The van der Waals surface area contributed by atoms with Crippen molar-refractivity contribution in [3.63, 3.8) is 0 Å². The van der Waals surface area contributed by atoms with Crippen LogP contribution in [0, 0.1) is 12.7 Å². The summed E-state index contributed by atoms with van der Waals surface area (Å²) in [6.07, 6.45) is 4.04. The Morgan fingerprint density at radius 3 is 3.17 bits per heavy atom. The normalized spacial score (nSPS) is 11.4. The third kappa shape index (κ3) is 2.67. The molecule has 24 heavy (non-hydrogen) atoms. The lowest BCUT2D eigenvalue weighted by atomic mass is 10.1. The van der Waals surface area contributed by atoms with E-state index in [0.717, 1.165) is 32.8 Å². The van der Waals surface area contributed by atoms with Crippen molar-refractivity contribution in [1.29, 1.82) is 0 Å². The van der Waals surface area contributed by atoms with Gasteiger partial charge in [0.2, 0.25) is 5.91 Å². The Morgan fingerprint density at radius 1 is 1.46 bits per heavy atom. The van der Waals surface area contributed by atoms with Gasteiger partial charge in [-0.25, -0.2) is 9.37 Å². The van der Waals surface area contributed by atoms with Crippen LogP contribution in [0.5, 0.6) is 0 Å². The fraction of sp³-hybridized carbons (Fsp3) is 0.176. The molecule has 0 aliphatic heterocycles. The number of rotatable bonds is 4. The second-order valence-electron chi connectivity index (χ2n) is 5.70. The monoisotopic (exact) mass is 342 g/mol. The molecule has 0 spiro atoms. The molecule has 0 saturated carbocycles. The van der Waals surface area contributed by atoms with Gasteiger partial charge in [-0.3, -0.25) is 9.20 Å². The number of carbonyl (C=O) groups excluding carboxylic acids is 1. The van der Waals surface area contributed by atoms with Gasteiger partial charge in [-0.1, -0.05) is 0 Å². The Kier molecular flexibility index (Phi) is 3.57. The van der Waals surface area contributed by atoms with Crippen LogP contribution in [0.1, 0.15) is 17.0 Å². The highest BCUT2D eigenvalue weighted by Gasteiger charge is 2.13. The van der Waals surface area contributed by atoms with Gasteiger partial charge in [0.25, 0.3) is 0 Å². The van der Waals surface area contributed by atoms with Crippen LogP contribution in [0.4, 0.5) is 4.39 Å². The second-order valence-corrected chi connectivity index (χ2v) is 6.57. The maximum absolute atomic E-state index is 13.5. The van der Waals surface area contributed by atoms with Crippen LogP contribution in [0.2, 0.25) is 0 Å². The minimum Gasteiger partial charge on any atom is -0.358 e. The molecule has 0 radical (unpaired) electrons. The number of H-pyrrole nitrogens is 1. The smallest absolute Gasteiger partial charge is 0.224 e. The van der Waals surface area contributed by atoms with Gasteiger partial charge in [0.15, 0.2) is 4.96 Å². The van der Waals surface area contributed by atoms with E-state index in [1.807, 2.05) is 29.1 Å². The summed E-state index contributed by atoms with van der Waals surface area (Å²) in [4.78, 5) is 20.8. The molecule has 7 heteroatoms. The molecule has 0 unspecified atom stereocenters. The number of carbonyl (C=O) groups is 1. The fourth-order valence-corrected chi connectivity index (χ4v) is 3.57. The van der Waals surface area contributed by atoms with Crippen LogP contribution in [-0.4, -0.2) is 20.3 Å². The molecular weight excluding hydrogens is 327 g/mol. The van der Waals surface area contributed by atoms with E-state index < -0.39 is 0 Å². The fourth-order valence-electron chi connectivity index (χ4n) is 2.86. The number of nitrogens with one attached hydrogen (secondary N) is 2. The molecule has 5 nitrogen and oxygen atoms in total. The van der Waals surface area contributed by atoms with E-state index in [4.69, 9.17) is 0 Å². The molecular formula is C17H15FN4OS. The summed E-state index contributed by atoms with van der Waals surface area (Å²) >= 11 is 1.55. The summed E-state index contributed by atoms with van der Waals surface area (Å²) in [5, 5.41) is 5.59. The number of hydrogen-bond donors (Lipinski definition) is 2. The van der Waals surface area contributed by atoms with Crippen molar-refractivity contribution in [2.45, 2.75) is 19.9 Å². The Balaban J connectivity index is 1.48. The lowest BCUT2D eigenvalue weighted by Gasteiger charge is -2.04. The SMILES string of the molecule is Cc1[nH]c2ccc(F)cc2c1CC(=O)NCc1cn2ccsc2n1. The topological polar surface area (TPSA) is 62.2 Å². The first kappa shape index (κ1) is 14.9. The van der Waals surface area contributed by atoms with Gasteiger partial charge < -0.3 is 10.3 Å². The quantitative estimate of drug-likeness (QED) is 0.598. The van der Waals surface area contributed by atoms with Gasteiger partial charge in [-0.15, -0.1) is 11.3 Å². The summed E-state index contributed by atoms with van der Waals surface area (Å²) in [6, 6.07) is 4.56. The maximum atomic E-state index is 13.5. The van der Waals surface area contributed by atoms with Gasteiger partial charge in [0, 0.05) is 34.4 Å². The van der Waals surface area contributed by atoms with Crippen molar-refractivity contribution in [3.8, 4) is 0 Å². The average molecular weight is 342 g/mol. The maximum Gasteiger partial charge on any atom is 0.224 e. The molecule has 4 aromatic rings. The summed E-state index contributed by atoms with van der Waals surface area (Å²) in [5.41, 5.74) is 3.36. The van der Waals surface area contributed by atoms with Crippen molar-refractivity contribution in [2.24, 2.45) is 0 Å². The number of fused-ring (bicyclic) bond motifs is 2. The zero-order valence-electron chi connectivity index (χ0n) is 13.0. The minimum atomic E-state index is -0.304. The molecule has 0 atom stereocenters. The molecule has 4 rings (SSSR count). The number of aromatic nitrogens is 3. The number of nitrogens with zero attached hydrogens (tertiary/aromatic N) is 2. The predicted octanol–water partition coefficient (Wildman–Crippen LogP) is 3.18. The molecule has 0 aliphatic rings. The molecule has 0 fully saturated rings. The van der Waals surface area contributed by atoms with Crippen LogP contribution in [0.15, 0.2) is 36.0 Å². The largest absolute Gasteiger partial charge is 0.358 e. The molecule has 3 heterocycles. The highest BCUT2D eigenvalue weighted by atomic mass is 32.1. The van der Waals surface area contributed by atoms with Gasteiger partial charge in [0.1, 0.15) is 5.82 Å². The van der Waals surface area contributed by atoms with Crippen molar-refractivity contribution < 1.29 is 9.18 Å². The predicted molar refractivity (Wildman–Crippen MR) is 91.6 cm³/mol. The number of benzene rings is 1. The summed E-state index contributed by atoms with van der Waals surface area (Å²) in [7, 11) is 0. The number of halogens is 1. The van der Waals surface area contributed by atoms with Crippen LogP contribution in [-0.2, 0) is 17.8 Å². The van der Waals surface area contributed by atoms with E-state index in [1.165, 1.54) is 12.1 Å². The summed E-state index contributed by atoms with van der Waals surface area (Å²) in [6.45, 7) is 2.27. The highest BCUT2D eigenvalue weighted by Crippen LogP contribution is 2.23. The Morgan fingerprint density at radius 2 is 2.33 bits per heavy atom. The molecule has 3 aromatic heterocycles. The standard InChI is InChI=1S/C17H15FN4OS/c1-10-13(14-6-11(18)2-3-15(14)20-10)7-16(23)19-8-12-9-22-4-5-24-17(22)21-12/h2-6,9,20H,7-8H2,1H3,(H,19,23). The highest BCUT2D eigenvalue weighted by molar-refractivity contribution is 7.15. The third-order valence-corrected chi connectivity index (χ3v) is 4.80. The number of amides is 1. The number of aromatic amines is 1. The summed E-state index contributed by atoms with van der Waals surface area (Å²) < 4.78 is 15.4. The van der Waals surface area contributed by atoms with Gasteiger partial charge in [-0.2, -0.15) is 0 Å². The summed E-state index contributed by atoms with van der Waals surface area (Å²) in [5.74, 6) is -0.416. The molecule has 2 N–H and O–H groups in total. The molecule has 122 valence electrons. The van der Waals surface area contributed by atoms with E-state index in [9.17, 15) is 9.18 Å². The van der Waals surface area contributed by atoms with E-state index in [2.05, 4.69) is 15.3 Å². The average Bonchev–Trinajstić information content (AvgIpc) is 3.20. The van der Waals surface area contributed by atoms with Crippen molar-refractivity contribution in [1.82, 2.24) is 19.7 Å². The molecule has 0 bridgehead atoms. The molecule has 0 saturated heterocycles. The number of hydrogen-bond acceptors (Lipinski definition) is 3. The zero-order chi connectivity index (χ0) is 16.7. The van der Waals surface area contributed by atoms with E-state index >= 15 is 0 Å². The van der Waals surface area contributed by atoms with Gasteiger partial charge >= 0.3 is 0 Å². The number of aryl methyl sites for hydroxylation is 1. The van der Waals surface area contributed by atoms with E-state index in [0.29, 0.717) is 6.54 Å². The molecule has 0 aliphatic carbocycles. The third-order valence-electron chi connectivity index (χ3n) is 4.03. The number of imidazole rings is 1. The van der Waals surface area contributed by atoms with Crippen LogP contribution < -0.4 is 5.32 Å². The molecule has 1 amide bonds. The first-order valence-electron chi connectivity index (χ1n) is 7.54. The zero-order valence-corrected chi connectivity index (χ0v) is 13.8. The minimum absolute atomic E-state index is 0.111. The second kappa shape index (κ2) is 5.76. The Labute approximate surface area is 141 Å². The van der Waals surface area contributed by atoms with Gasteiger partial charge in [0.05, 0.1) is 18.7 Å². The van der Waals surface area contributed by atoms with Gasteiger partial charge in [-0.05, 0) is 30.7 Å². The van der Waals surface area contributed by atoms with Crippen molar-refractivity contribution >= 4 is 33.1 Å². The lowest BCUT2D eigenvalue weighted by molar-refractivity contribution is -0.120. The first-order valence-corrected chi connectivity index (χ1v) is 8.42. The Bertz CT molecular complexity index is 1020. The van der Waals surface area contributed by atoms with E-state index in [1.54, 1.807) is 17.4 Å². The molecule has 1 aromatic carbocycles. The Hall–Kier alpha value is -2.67. The number of thiazole rings is 1.